The average molecular weight is 437 g/mol. The second-order valence-electron chi connectivity index (χ2n) is 7.50. The Hall–Kier alpha value is -2.04. The van der Waals surface area contributed by atoms with Crippen LogP contribution in [0.3, 0.4) is 0 Å². The summed E-state index contributed by atoms with van der Waals surface area (Å²) in [6.07, 6.45) is 4.88. The first kappa shape index (κ1) is 20.2. The van der Waals surface area contributed by atoms with Crippen LogP contribution in [0.1, 0.15) is 60.3 Å². The number of nitrogens with zero attached hydrogens (tertiary/aromatic N) is 3. The zero-order valence-electron chi connectivity index (χ0n) is 16.4. The molecule has 10 heteroatoms. The number of carbonyl (C=O) groups is 1. The Bertz CT molecular complexity index is 1020. The van der Waals surface area contributed by atoms with E-state index in [0.717, 1.165) is 37.1 Å². The third-order valence-corrected chi connectivity index (χ3v) is 8.38. The number of aromatic nitrogens is 2. The molecular weight excluding hydrogens is 412 g/mol. The van der Waals surface area contributed by atoms with Gasteiger partial charge >= 0.3 is 0 Å². The van der Waals surface area contributed by atoms with Crippen molar-refractivity contribution in [3.63, 3.8) is 0 Å². The molecule has 1 aliphatic carbocycles. The van der Waals surface area contributed by atoms with Gasteiger partial charge in [0.15, 0.2) is 0 Å². The number of carbonyl (C=O) groups excluding carboxylic acids is 1. The summed E-state index contributed by atoms with van der Waals surface area (Å²) in [5.41, 5.74) is 0.234. The van der Waals surface area contributed by atoms with Crippen LogP contribution >= 0.6 is 11.3 Å². The van der Waals surface area contributed by atoms with E-state index in [9.17, 15) is 13.2 Å². The number of sulfonamides is 1. The molecule has 1 atom stereocenters. The lowest BCUT2D eigenvalue weighted by Gasteiger charge is -2.32. The van der Waals surface area contributed by atoms with E-state index < -0.39 is 15.9 Å². The third kappa shape index (κ3) is 4.15. The molecule has 1 aliphatic heterocycles. The minimum absolute atomic E-state index is 0.0114. The molecule has 1 amide bonds. The van der Waals surface area contributed by atoms with E-state index >= 15 is 0 Å². The van der Waals surface area contributed by atoms with Crippen LogP contribution in [0.5, 0.6) is 5.75 Å². The van der Waals surface area contributed by atoms with Gasteiger partial charge in [-0.3, -0.25) is 10.1 Å². The lowest BCUT2D eigenvalue weighted by Crippen LogP contribution is -2.42. The summed E-state index contributed by atoms with van der Waals surface area (Å²) in [7, 11) is -2.35. The first-order valence-electron chi connectivity index (χ1n) is 9.75. The van der Waals surface area contributed by atoms with Crippen LogP contribution < -0.4 is 10.1 Å². The highest BCUT2D eigenvalue weighted by atomic mass is 32.2. The Labute approximate surface area is 174 Å². The van der Waals surface area contributed by atoms with Crippen LogP contribution in [-0.2, 0) is 10.0 Å². The highest BCUT2D eigenvalue weighted by Gasteiger charge is 2.34. The zero-order valence-corrected chi connectivity index (χ0v) is 18.1. The summed E-state index contributed by atoms with van der Waals surface area (Å²) >= 11 is 1.36. The van der Waals surface area contributed by atoms with Crippen LogP contribution in [0.4, 0.5) is 5.13 Å². The van der Waals surface area contributed by atoms with Gasteiger partial charge in [-0.1, -0.05) is 17.8 Å². The topological polar surface area (TPSA) is 101 Å². The largest absolute Gasteiger partial charge is 0.495 e. The molecule has 1 aromatic heterocycles. The molecule has 1 aromatic carbocycles. The highest BCUT2D eigenvalue weighted by molar-refractivity contribution is 7.89. The van der Waals surface area contributed by atoms with E-state index in [4.69, 9.17) is 4.74 Å². The van der Waals surface area contributed by atoms with E-state index in [2.05, 4.69) is 15.5 Å². The fourth-order valence-corrected chi connectivity index (χ4v) is 6.31. The molecule has 8 nitrogen and oxygen atoms in total. The van der Waals surface area contributed by atoms with E-state index in [1.807, 2.05) is 6.92 Å². The van der Waals surface area contributed by atoms with Crippen molar-refractivity contribution in [1.82, 2.24) is 14.5 Å². The summed E-state index contributed by atoms with van der Waals surface area (Å²) in [5.74, 6) is 0.267. The van der Waals surface area contributed by atoms with Gasteiger partial charge in [0, 0.05) is 24.1 Å². The van der Waals surface area contributed by atoms with Gasteiger partial charge in [0.25, 0.3) is 5.91 Å². The molecule has 4 rings (SSSR count). The predicted octanol–water partition coefficient (Wildman–Crippen LogP) is 3.24. The van der Waals surface area contributed by atoms with Crippen LogP contribution in [0.15, 0.2) is 23.1 Å². The van der Waals surface area contributed by atoms with Crippen molar-refractivity contribution in [2.24, 2.45) is 0 Å². The molecule has 0 bridgehead atoms. The summed E-state index contributed by atoms with van der Waals surface area (Å²) in [6, 6.07) is 4.37. The second kappa shape index (κ2) is 8.00. The van der Waals surface area contributed by atoms with E-state index in [1.54, 1.807) is 6.07 Å². The van der Waals surface area contributed by atoms with Gasteiger partial charge in [0.05, 0.1) is 7.11 Å². The molecule has 0 spiro atoms. The maximum atomic E-state index is 13.3. The van der Waals surface area contributed by atoms with Crippen LogP contribution in [0.25, 0.3) is 0 Å². The molecule has 156 valence electrons. The SMILES string of the molecule is COc1ccc(C(=O)Nc2nnc(C3CC3)s2)cc1S(=O)(=O)N1CCCC[C@H]1C. The molecule has 2 aliphatic rings. The fourth-order valence-electron chi connectivity index (χ4n) is 3.52. The Morgan fingerprint density at radius 1 is 1.24 bits per heavy atom. The normalized spacial score (nSPS) is 20.4. The van der Waals surface area contributed by atoms with Crippen molar-refractivity contribution in [3.05, 3.63) is 28.8 Å². The molecule has 2 aromatic rings. The maximum Gasteiger partial charge on any atom is 0.257 e. The number of benzene rings is 1. The van der Waals surface area contributed by atoms with Crippen molar-refractivity contribution >= 4 is 32.4 Å². The van der Waals surface area contributed by atoms with Crippen molar-refractivity contribution in [1.29, 1.82) is 0 Å². The quantitative estimate of drug-likeness (QED) is 0.746. The Morgan fingerprint density at radius 3 is 2.72 bits per heavy atom. The number of methoxy groups -OCH3 is 1. The van der Waals surface area contributed by atoms with Gasteiger partial charge in [0.2, 0.25) is 15.2 Å². The lowest BCUT2D eigenvalue weighted by atomic mass is 10.1. The molecule has 1 N–H and O–H groups in total. The Balaban J connectivity index is 1.60. The number of rotatable bonds is 6. The van der Waals surface area contributed by atoms with Gasteiger partial charge in [-0.25, -0.2) is 8.42 Å². The van der Waals surface area contributed by atoms with Crippen molar-refractivity contribution in [2.75, 3.05) is 19.0 Å². The Kier molecular flexibility index (Phi) is 5.58. The molecule has 0 radical (unpaired) electrons. The standard InChI is InChI=1S/C19H24N4O4S2/c1-12-5-3-4-10-23(12)29(25,26)16-11-14(8-9-15(16)27-2)17(24)20-19-22-21-18(28-19)13-6-7-13/h8-9,11-13H,3-7,10H2,1-2H3,(H,20,22,24)/t12-/m1/s1. The van der Waals surface area contributed by atoms with Gasteiger partial charge in [0.1, 0.15) is 15.7 Å². The lowest BCUT2D eigenvalue weighted by molar-refractivity contribution is 0.102. The molecule has 2 fully saturated rings. The van der Waals surface area contributed by atoms with Gasteiger partial charge in [-0.05, 0) is 50.8 Å². The maximum absolute atomic E-state index is 13.3. The number of nitrogens with one attached hydrogen (secondary N) is 1. The summed E-state index contributed by atoms with van der Waals surface area (Å²) in [5, 5.41) is 12.2. The summed E-state index contributed by atoms with van der Waals surface area (Å²) < 4.78 is 33.4. The molecule has 29 heavy (non-hydrogen) atoms. The fraction of sp³-hybridized carbons (Fsp3) is 0.526. The van der Waals surface area contributed by atoms with Crippen LogP contribution in [0, 0.1) is 0 Å². The van der Waals surface area contributed by atoms with Crippen molar-refractivity contribution in [3.8, 4) is 5.75 Å². The smallest absolute Gasteiger partial charge is 0.257 e. The Morgan fingerprint density at radius 2 is 2.03 bits per heavy atom. The summed E-state index contributed by atoms with van der Waals surface area (Å²) in [4.78, 5) is 12.7. The number of amides is 1. The second-order valence-corrected chi connectivity index (χ2v) is 10.4. The van der Waals surface area contributed by atoms with Crippen molar-refractivity contribution in [2.45, 2.75) is 55.9 Å². The highest BCUT2D eigenvalue weighted by Crippen LogP contribution is 2.42. The zero-order chi connectivity index (χ0) is 20.6. The monoisotopic (exact) mass is 436 g/mol. The number of hydrogen-bond donors (Lipinski definition) is 1. The summed E-state index contributed by atoms with van der Waals surface area (Å²) in [6.45, 7) is 2.38. The first-order chi connectivity index (χ1) is 13.9. The number of anilines is 1. The van der Waals surface area contributed by atoms with Gasteiger partial charge in [-0.15, -0.1) is 10.2 Å². The molecule has 2 heterocycles. The van der Waals surface area contributed by atoms with Crippen LogP contribution in [0.2, 0.25) is 0 Å². The van der Waals surface area contributed by atoms with Gasteiger partial charge < -0.3 is 4.74 Å². The first-order valence-corrected chi connectivity index (χ1v) is 12.0. The van der Waals surface area contributed by atoms with Gasteiger partial charge in [-0.2, -0.15) is 4.31 Å². The molecule has 1 saturated carbocycles. The molecule has 0 unspecified atom stereocenters. The van der Waals surface area contributed by atoms with E-state index in [0.29, 0.717) is 17.6 Å². The number of ether oxygens (including phenoxy) is 1. The third-order valence-electron chi connectivity index (χ3n) is 5.34. The van der Waals surface area contributed by atoms with E-state index in [1.165, 1.54) is 34.9 Å². The minimum Gasteiger partial charge on any atom is -0.495 e. The molecular formula is C19H24N4O4S2. The number of piperidine rings is 1. The van der Waals surface area contributed by atoms with Crippen LogP contribution in [-0.4, -0.2) is 48.5 Å². The minimum atomic E-state index is -3.78. The van der Waals surface area contributed by atoms with E-state index in [-0.39, 0.29) is 22.3 Å². The molecule has 1 saturated heterocycles. The van der Waals surface area contributed by atoms with Crippen molar-refractivity contribution < 1.29 is 17.9 Å². The number of hydrogen-bond acceptors (Lipinski definition) is 7. The predicted molar refractivity (Wildman–Crippen MR) is 110 cm³/mol. The average Bonchev–Trinajstić information content (AvgIpc) is 3.47.